The Labute approximate surface area is 75.7 Å². The third-order valence-electron chi connectivity index (χ3n) is 1.39. The molecular weight excluding hydrogens is 189 g/mol. The zero-order valence-electron chi connectivity index (χ0n) is 6.60. The van der Waals surface area contributed by atoms with E-state index in [-0.39, 0.29) is 13.6 Å². The van der Waals surface area contributed by atoms with Crippen LogP contribution in [0.25, 0.3) is 0 Å². The van der Waals surface area contributed by atoms with E-state index in [9.17, 15) is 9.36 Å². The Hall–Kier alpha value is -1.37. The second-order valence-corrected chi connectivity index (χ2v) is 2.78. The van der Waals surface area contributed by atoms with Gasteiger partial charge in [-0.05, 0) is 0 Å². The summed E-state index contributed by atoms with van der Waals surface area (Å²) in [6.45, 7) is 0. The van der Waals surface area contributed by atoms with Crippen molar-refractivity contribution in [2.45, 2.75) is 6.42 Å². The van der Waals surface area contributed by atoms with E-state index in [4.69, 9.17) is 5.11 Å². The fourth-order valence-corrected chi connectivity index (χ4v) is 1.07. The predicted molar refractivity (Wildman–Crippen MR) is 46.4 cm³/mol. The maximum absolute atomic E-state index is 10.5. The number of carboxylic acids is 1. The van der Waals surface area contributed by atoms with Gasteiger partial charge in [-0.25, -0.2) is 0 Å². The Balaban J connectivity index is 2.95. The molecule has 0 radical (unpaired) electrons. The zero-order valence-corrected chi connectivity index (χ0v) is 7.49. The molecule has 0 aromatic carbocycles. The van der Waals surface area contributed by atoms with Crippen molar-refractivity contribution < 1.29 is 14.5 Å². The van der Waals surface area contributed by atoms with Crippen molar-refractivity contribution in [3.63, 3.8) is 0 Å². The second-order valence-electron chi connectivity index (χ2n) is 2.28. The number of carbonyl (C=O) groups is 1. The first kappa shape index (κ1) is 9.72. The molecule has 0 spiro atoms. The summed E-state index contributed by atoms with van der Waals surface area (Å²) < 4.78 is 10.1. The quantitative estimate of drug-likeness (QED) is 0.727. The van der Waals surface area contributed by atoms with Gasteiger partial charge in [0.25, 0.3) is 0 Å². The van der Waals surface area contributed by atoms with Gasteiger partial charge in [0.2, 0.25) is 0 Å². The molecule has 0 aliphatic carbocycles. The van der Waals surface area contributed by atoms with E-state index in [1.165, 1.54) is 12.3 Å². The Kier molecular flexibility index (Phi) is 3.44. The van der Waals surface area contributed by atoms with Crippen LogP contribution in [0.2, 0.25) is 0 Å². The minimum atomic E-state index is -1.07. The first-order chi connectivity index (χ1) is 6.24. The number of nitrogens with zero attached hydrogens (tertiary/aromatic N) is 1. The molecule has 4 nitrogen and oxygen atoms in total. The van der Waals surface area contributed by atoms with E-state index in [1.54, 1.807) is 6.07 Å². The first-order valence-electron chi connectivity index (χ1n) is 3.47. The maximum atomic E-state index is 10.5. The molecule has 0 aliphatic heterocycles. The van der Waals surface area contributed by atoms with Gasteiger partial charge in [-0.2, -0.15) is 0 Å². The van der Waals surface area contributed by atoms with Crippen LogP contribution in [0.3, 0.4) is 0 Å². The number of aromatic nitrogens is 1. The normalized spacial score (nSPS) is 8.92. The van der Waals surface area contributed by atoms with Gasteiger partial charge >= 0.3 is 75.0 Å². The number of hydrogen-bond acceptors (Lipinski definition) is 3. The molecule has 0 unspecified atom stereocenters. The van der Waals surface area contributed by atoms with Crippen LogP contribution < -0.4 is 0 Å². The van der Waals surface area contributed by atoms with Gasteiger partial charge < -0.3 is 0 Å². The average Bonchev–Trinajstić information content (AvgIpc) is 2.15. The Morgan fingerprint density at radius 1 is 1.69 bits per heavy atom. The van der Waals surface area contributed by atoms with Crippen LogP contribution in [-0.2, 0) is 11.0 Å². The van der Waals surface area contributed by atoms with Crippen LogP contribution in [0.5, 0.6) is 0 Å². The molecular formula is C8H6NO3P. The minimum absolute atomic E-state index is 0.0122. The number of carboxylic acid groups (broad SMARTS) is 1. The molecule has 0 fully saturated rings. The van der Waals surface area contributed by atoms with Gasteiger partial charge in [0.05, 0.1) is 0 Å². The van der Waals surface area contributed by atoms with Gasteiger partial charge in [0.15, 0.2) is 0 Å². The van der Waals surface area contributed by atoms with Crippen LogP contribution in [0.15, 0.2) is 18.3 Å². The Bertz CT molecular complexity index is 424. The predicted octanol–water partition coefficient (Wildman–Crippen LogP) is 1.57. The van der Waals surface area contributed by atoms with Crippen molar-refractivity contribution in [2.75, 3.05) is 0 Å². The average molecular weight is 195 g/mol. The van der Waals surface area contributed by atoms with Gasteiger partial charge in [-0.1, -0.05) is 0 Å². The van der Waals surface area contributed by atoms with Crippen LogP contribution >= 0.6 is 7.92 Å². The molecule has 1 rings (SSSR count). The van der Waals surface area contributed by atoms with Crippen molar-refractivity contribution in [1.82, 2.24) is 4.98 Å². The van der Waals surface area contributed by atoms with E-state index < -0.39 is 5.97 Å². The standard InChI is InChI=1S/C8H6NO3P/c10-8(11)7-5-6(1-3-9-7)2-4-13-12/h1,3,5H,2H2,(H,10,11). The van der Waals surface area contributed by atoms with E-state index in [2.05, 4.69) is 10.6 Å². The third kappa shape index (κ3) is 2.86. The van der Waals surface area contributed by atoms with Crippen LogP contribution in [0.4, 0.5) is 0 Å². The molecule has 66 valence electrons. The van der Waals surface area contributed by atoms with Gasteiger partial charge in [0, 0.05) is 0 Å². The van der Waals surface area contributed by atoms with E-state index >= 15 is 0 Å². The summed E-state index contributed by atoms with van der Waals surface area (Å²) in [7, 11) is -0.175. The fraction of sp³-hybridized carbons (Fsp3) is 0.125. The molecule has 1 N–H and O–H groups in total. The summed E-state index contributed by atoms with van der Waals surface area (Å²) in [5, 5.41) is 8.59. The number of hydrogen-bond donors (Lipinski definition) is 1. The van der Waals surface area contributed by atoms with Crippen molar-refractivity contribution in [1.29, 1.82) is 0 Å². The number of pyridine rings is 1. The van der Waals surface area contributed by atoms with E-state index in [0.717, 1.165) is 5.56 Å². The van der Waals surface area contributed by atoms with Gasteiger partial charge in [-0.15, -0.1) is 0 Å². The Morgan fingerprint density at radius 3 is 3.08 bits per heavy atom. The zero-order chi connectivity index (χ0) is 9.68. The molecule has 0 amide bonds. The van der Waals surface area contributed by atoms with Crippen LogP contribution in [0.1, 0.15) is 16.1 Å². The summed E-state index contributed by atoms with van der Waals surface area (Å²) in [4.78, 5) is 14.1. The fourth-order valence-electron chi connectivity index (χ4n) is 0.825. The topological polar surface area (TPSA) is 67.3 Å². The van der Waals surface area contributed by atoms with Crippen molar-refractivity contribution in [2.24, 2.45) is 0 Å². The molecule has 0 bridgehead atoms. The summed E-state index contributed by atoms with van der Waals surface area (Å²) >= 11 is 0. The summed E-state index contributed by atoms with van der Waals surface area (Å²) in [6, 6.07) is 3.09. The van der Waals surface area contributed by atoms with Gasteiger partial charge in [-0.3, -0.25) is 0 Å². The molecule has 0 aliphatic rings. The molecule has 0 atom stereocenters. The SMILES string of the molecule is O=P#CCc1ccnc(C(=O)O)c1. The molecule has 1 heterocycles. The molecule has 1 aromatic rings. The van der Waals surface area contributed by atoms with Crippen molar-refractivity contribution >= 4 is 13.9 Å². The summed E-state index contributed by atoms with van der Waals surface area (Å²) in [5.74, 6) is -1.07. The van der Waals surface area contributed by atoms with Crippen LogP contribution in [-0.4, -0.2) is 16.1 Å². The summed E-state index contributed by atoms with van der Waals surface area (Å²) in [5.41, 5.74) is 3.25. The molecule has 1 aromatic heterocycles. The van der Waals surface area contributed by atoms with Crippen LogP contribution in [0, 0.1) is 5.63 Å². The molecule has 0 saturated carbocycles. The third-order valence-corrected chi connectivity index (χ3v) is 1.68. The molecule has 5 heteroatoms. The monoisotopic (exact) mass is 195 g/mol. The molecule has 13 heavy (non-hydrogen) atoms. The van der Waals surface area contributed by atoms with Crippen molar-refractivity contribution in [3.05, 3.63) is 29.6 Å². The molecule has 0 saturated heterocycles. The van der Waals surface area contributed by atoms with Gasteiger partial charge in [0.1, 0.15) is 0 Å². The number of aromatic carboxylic acids is 1. The first-order valence-corrected chi connectivity index (χ1v) is 4.28. The summed E-state index contributed by atoms with van der Waals surface area (Å²) in [6.07, 6.45) is 1.76. The van der Waals surface area contributed by atoms with E-state index in [0.29, 0.717) is 6.42 Å². The second kappa shape index (κ2) is 4.61. The van der Waals surface area contributed by atoms with Crippen molar-refractivity contribution in [3.8, 4) is 5.63 Å². The Morgan fingerprint density at radius 2 is 2.46 bits per heavy atom. The van der Waals surface area contributed by atoms with E-state index in [1.807, 2.05) is 0 Å². The number of rotatable bonds is 2.